The van der Waals surface area contributed by atoms with E-state index >= 15 is 0 Å². The monoisotopic (exact) mass is 444 g/mol. The number of amides is 1. The zero-order valence-corrected chi connectivity index (χ0v) is 15.5. The SMILES string of the molecule is [2H]C([2H])([2H])N1C([2H])([2H])C([2H])([2H])N(c2ccc(C(=O)Cl)c(N(C(=O)C(F)(F)F)C3CCOCC3)c2)C([2H])([2H])C1([2H])[2H]. The van der Waals surface area contributed by atoms with Gasteiger partial charge in [0.05, 0.1) is 16.7 Å². The molecular formula is C19H23ClF3N3O3. The first-order valence-electron chi connectivity index (χ1n) is 13.8. The third kappa shape index (κ3) is 5.02. The molecule has 6 nitrogen and oxygen atoms in total. The van der Waals surface area contributed by atoms with Crippen LogP contribution >= 0.6 is 11.6 Å². The number of rotatable bonds is 4. The number of alkyl halides is 3. The number of carbonyl (C=O) groups excluding carboxylic acids is 2. The Hall–Kier alpha value is -1.84. The summed E-state index contributed by atoms with van der Waals surface area (Å²) in [5, 5.41) is -1.34. The first-order chi connectivity index (χ1) is 17.9. The highest BCUT2D eigenvalue weighted by atomic mass is 35.5. The maximum absolute atomic E-state index is 13.7. The summed E-state index contributed by atoms with van der Waals surface area (Å²) in [5.74, 6) is -2.43. The van der Waals surface area contributed by atoms with Crippen molar-refractivity contribution >= 4 is 34.1 Å². The molecule has 0 bridgehead atoms. The van der Waals surface area contributed by atoms with Gasteiger partial charge in [0.25, 0.3) is 5.24 Å². The second-order valence-electron chi connectivity index (χ2n) is 6.11. The van der Waals surface area contributed by atoms with Crippen LogP contribution in [0.1, 0.15) is 38.3 Å². The number of benzene rings is 1. The van der Waals surface area contributed by atoms with Crippen LogP contribution in [0.15, 0.2) is 18.2 Å². The van der Waals surface area contributed by atoms with Gasteiger partial charge in [-0.15, -0.1) is 0 Å². The molecule has 10 heteroatoms. The van der Waals surface area contributed by atoms with Crippen LogP contribution in [0.3, 0.4) is 0 Å². The second-order valence-corrected chi connectivity index (χ2v) is 6.45. The van der Waals surface area contributed by atoms with Gasteiger partial charge in [0.2, 0.25) is 0 Å². The highest BCUT2D eigenvalue weighted by Crippen LogP contribution is 2.35. The predicted molar refractivity (Wildman–Crippen MR) is 104 cm³/mol. The maximum Gasteiger partial charge on any atom is 0.471 e. The van der Waals surface area contributed by atoms with Crippen LogP contribution in [0.2, 0.25) is 0 Å². The molecule has 0 saturated carbocycles. The van der Waals surface area contributed by atoms with Gasteiger partial charge in [-0.1, -0.05) is 0 Å². The number of anilines is 2. The topological polar surface area (TPSA) is 53.1 Å². The summed E-state index contributed by atoms with van der Waals surface area (Å²) in [6, 6.07) is 0.906. The molecule has 1 aromatic carbocycles. The van der Waals surface area contributed by atoms with Gasteiger partial charge in [0.1, 0.15) is 0 Å². The Bertz CT molecular complexity index is 1150. The summed E-state index contributed by atoms with van der Waals surface area (Å²) < 4.78 is 135. The van der Waals surface area contributed by atoms with E-state index in [-0.39, 0.29) is 35.9 Å². The fourth-order valence-electron chi connectivity index (χ4n) is 2.96. The lowest BCUT2D eigenvalue weighted by atomic mass is 10.0. The number of hydrogen-bond donors (Lipinski definition) is 0. The van der Waals surface area contributed by atoms with E-state index in [1.165, 1.54) is 0 Å². The lowest BCUT2D eigenvalue weighted by Crippen LogP contribution is -2.50. The van der Waals surface area contributed by atoms with E-state index in [0.29, 0.717) is 6.07 Å². The molecule has 3 rings (SSSR count). The number of carbonyl (C=O) groups is 2. The Morgan fingerprint density at radius 2 is 1.90 bits per heavy atom. The van der Waals surface area contributed by atoms with Gasteiger partial charge in [-0.2, -0.15) is 13.2 Å². The van der Waals surface area contributed by atoms with Crippen LogP contribution in [0.25, 0.3) is 0 Å². The molecular weight excluding hydrogens is 411 g/mol. The van der Waals surface area contributed by atoms with Gasteiger partial charge in [0.15, 0.2) is 0 Å². The van der Waals surface area contributed by atoms with E-state index in [1.807, 2.05) is 0 Å². The van der Waals surface area contributed by atoms with Crippen LogP contribution < -0.4 is 9.80 Å². The van der Waals surface area contributed by atoms with Crippen molar-refractivity contribution in [2.24, 2.45) is 0 Å². The van der Waals surface area contributed by atoms with E-state index < -0.39 is 78.2 Å². The number of nitrogens with zero attached hydrogens (tertiary/aromatic N) is 3. The molecule has 160 valence electrons. The van der Waals surface area contributed by atoms with Gasteiger partial charge in [0, 0.05) is 60.5 Å². The Balaban J connectivity index is 2.34. The fourth-order valence-corrected chi connectivity index (χ4v) is 3.12. The van der Waals surface area contributed by atoms with Gasteiger partial charge >= 0.3 is 12.1 Å². The van der Waals surface area contributed by atoms with Crippen LogP contribution in [0, 0.1) is 0 Å². The van der Waals surface area contributed by atoms with Crippen LogP contribution in [0.4, 0.5) is 24.5 Å². The Morgan fingerprint density at radius 3 is 2.45 bits per heavy atom. The van der Waals surface area contributed by atoms with E-state index in [9.17, 15) is 22.8 Å². The standard InChI is InChI=1S/C19H23ClF3N3O3/c1-24-6-8-25(9-7-24)14-2-3-15(17(20)27)16(12-14)26(18(28)19(21,22)23)13-4-10-29-11-5-13/h2-3,12-13H,4-11H2,1H3/i1D3,6D2,7D2,8D2,9D2. The van der Waals surface area contributed by atoms with Crippen molar-refractivity contribution in [2.45, 2.75) is 25.1 Å². The number of hydrogen-bond acceptors (Lipinski definition) is 5. The summed E-state index contributed by atoms with van der Waals surface area (Å²) in [7, 11) is 0. The minimum Gasteiger partial charge on any atom is -0.381 e. The average molecular weight is 445 g/mol. The van der Waals surface area contributed by atoms with Crippen molar-refractivity contribution in [1.29, 1.82) is 0 Å². The van der Waals surface area contributed by atoms with Crippen molar-refractivity contribution in [3.63, 3.8) is 0 Å². The van der Waals surface area contributed by atoms with Crippen molar-refractivity contribution in [2.75, 3.05) is 56.0 Å². The molecule has 0 N–H and O–H groups in total. The lowest BCUT2D eigenvalue weighted by Gasteiger charge is -2.37. The van der Waals surface area contributed by atoms with E-state index in [4.69, 9.17) is 31.4 Å². The highest BCUT2D eigenvalue weighted by Gasteiger charge is 2.46. The average Bonchev–Trinajstić information content (AvgIpc) is 2.76. The second kappa shape index (κ2) is 8.89. The Morgan fingerprint density at radius 1 is 1.24 bits per heavy atom. The summed E-state index contributed by atoms with van der Waals surface area (Å²) in [4.78, 5) is 24.3. The Labute approximate surface area is 187 Å². The number of halogens is 4. The molecule has 2 heterocycles. The molecule has 0 spiro atoms. The first kappa shape index (κ1) is 11.5. The normalized spacial score (nSPS) is 32.3. The molecule has 2 fully saturated rings. The number of piperazine rings is 1. The zero-order chi connectivity index (χ0) is 30.9. The molecule has 0 unspecified atom stereocenters. The van der Waals surface area contributed by atoms with Gasteiger partial charge in [-0.3, -0.25) is 9.59 Å². The zero-order valence-electron chi connectivity index (χ0n) is 25.7. The summed E-state index contributed by atoms with van der Waals surface area (Å²) >= 11 is 5.59. The third-order valence-corrected chi connectivity index (χ3v) is 4.48. The predicted octanol–water partition coefficient (Wildman–Crippen LogP) is 2.89. The van der Waals surface area contributed by atoms with Crippen molar-refractivity contribution in [3.8, 4) is 0 Å². The quantitative estimate of drug-likeness (QED) is 0.668. The Kier molecular flexibility index (Phi) is 3.53. The maximum atomic E-state index is 13.7. The van der Waals surface area contributed by atoms with Gasteiger partial charge in [-0.05, 0) is 49.6 Å². The van der Waals surface area contributed by atoms with Gasteiger partial charge < -0.3 is 19.4 Å². The molecule has 0 atom stereocenters. The fraction of sp³-hybridized carbons (Fsp3) is 0.579. The lowest BCUT2D eigenvalue weighted by molar-refractivity contribution is -0.171. The van der Waals surface area contributed by atoms with Crippen molar-refractivity contribution in [3.05, 3.63) is 23.8 Å². The molecule has 0 aliphatic carbocycles. The number of ether oxygens (including phenoxy) is 1. The number of likely N-dealkylation sites (N-methyl/N-ethyl adjacent to an activating group) is 1. The van der Waals surface area contributed by atoms with E-state index in [0.717, 1.165) is 12.1 Å². The minimum absolute atomic E-state index is 0.0568. The first-order valence-corrected chi connectivity index (χ1v) is 8.72. The smallest absolute Gasteiger partial charge is 0.381 e. The molecule has 2 aliphatic rings. The minimum atomic E-state index is -5.47. The van der Waals surface area contributed by atoms with Crippen LogP contribution in [-0.2, 0) is 9.53 Å². The van der Waals surface area contributed by atoms with Gasteiger partial charge in [-0.25, -0.2) is 0 Å². The largest absolute Gasteiger partial charge is 0.471 e. The molecule has 1 amide bonds. The van der Waals surface area contributed by atoms with E-state index in [1.54, 1.807) is 0 Å². The summed E-state index contributed by atoms with van der Waals surface area (Å²) in [6.07, 6.45) is -5.71. The summed E-state index contributed by atoms with van der Waals surface area (Å²) in [5.41, 5.74) is -2.29. The third-order valence-electron chi connectivity index (χ3n) is 4.28. The van der Waals surface area contributed by atoms with Crippen LogP contribution in [0.5, 0.6) is 0 Å². The molecule has 1 aromatic rings. The van der Waals surface area contributed by atoms with E-state index in [2.05, 4.69) is 0 Å². The molecule has 29 heavy (non-hydrogen) atoms. The van der Waals surface area contributed by atoms with Crippen molar-refractivity contribution in [1.82, 2.24) is 4.90 Å². The van der Waals surface area contributed by atoms with Crippen LogP contribution in [-0.4, -0.2) is 74.4 Å². The molecule has 2 aliphatic heterocycles. The molecule has 0 radical (unpaired) electrons. The molecule has 2 saturated heterocycles. The highest BCUT2D eigenvalue weighted by molar-refractivity contribution is 6.68. The van der Waals surface area contributed by atoms with Crippen molar-refractivity contribution < 1.29 is 42.6 Å². The summed E-state index contributed by atoms with van der Waals surface area (Å²) in [6.45, 7) is -18.7. The molecule has 0 aromatic heterocycles.